The number of rotatable bonds is 3. The molecule has 0 aliphatic carbocycles. The van der Waals surface area contributed by atoms with Crippen LogP contribution in [0.4, 0.5) is 11.7 Å². The minimum atomic E-state index is -3.86. The first-order valence-corrected chi connectivity index (χ1v) is 13.9. The first-order chi connectivity index (χ1) is 16.0. The van der Waals surface area contributed by atoms with Crippen LogP contribution >= 0.6 is 0 Å². The minimum absolute atomic E-state index is 0.120. The van der Waals surface area contributed by atoms with Crippen molar-refractivity contribution in [2.75, 3.05) is 0 Å². The largest absolute Gasteiger partial charge is 0.661 e. The first kappa shape index (κ1) is 29.4. The van der Waals surface area contributed by atoms with E-state index >= 15 is 0 Å². The lowest BCUT2D eigenvalue weighted by molar-refractivity contribution is 0.589. The van der Waals surface area contributed by atoms with Crippen molar-refractivity contribution in [1.82, 2.24) is 0 Å². The van der Waals surface area contributed by atoms with E-state index < -0.39 is 12.1 Å². The summed E-state index contributed by atoms with van der Waals surface area (Å²) < 4.78 is 29.1. The summed E-state index contributed by atoms with van der Waals surface area (Å²) in [5.74, 6) is 0. The topological polar surface area (TPSA) is 0 Å². The highest BCUT2D eigenvalue weighted by Gasteiger charge is 2.30. The smallest absolute Gasteiger partial charge is 0.0561 e. The summed E-state index contributed by atoms with van der Waals surface area (Å²) in [6, 6.07) is 27.8. The van der Waals surface area contributed by atoms with Gasteiger partial charge >= 0.3 is 12.1 Å². The maximum atomic E-state index is 9.69. The fourth-order valence-corrected chi connectivity index (χ4v) is 5.72. The summed E-state index contributed by atoms with van der Waals surface area (Å²) >= 11 is -3.86. The van der Waals surface area contributed by atoms with Crippen molar-refractivity contribution < 1.29 is 11.7 Å². The normalized spacial score (nSPS) is 12.5. The average molecular weight is 521 g/mol. The number of hydrogen-bond donors (Lipinski definition) is 0. The second-order valence-corrected chi connectivity index (χ2v) is 14.2. The fourth-order valence-electron chi connectivity index (χ4n) is 3.68. The second kappa shape index (κ2) is 11.5. The Kier molecular flexibility index (Phi) is 9.63. The van der Waals surface area contributed by atoms with E-state index in [0.29, 0.717) is 0 Å². The van der Waals surface area contributed by atoms with E-state index in [0.717, 1.165) is 0 Å². The van der Waals surface area contributed by atoms with Crippen LogP contribution in [-0.2, 0) is 39.2 Å². The zero-order valence-corrected chi connectivity index (χ0v) is 24.0. The maximum Gasteiger partial charge on any atom is 0.661 e. The van der Waals surface area contributed by atoms with Crippen LogP contribution in [0.15, 0.2) is 87.5 Å². The van der Waals surface area contributed by atoms with Crippen molar-refractivity contribution in [3.63, 3.8) is 0 Å². The van der Waals surface area contributed by atoms with Crippen LogP contribution in [0.1, 0.15) is 79.0 Å². The third kappa shape index (κ3) is 8.64. The Morgan fingerprint density at radius 1 is 0.400 bits per heavy atom. The second-order valence-electron chi connectivity index (χ2n) is 11.8. The molecule has 0 heterocycles. The molecular formula is C30H39F3S2+2. The minimum Gasteiger partial charge on any atom is -0.0561 e. The molecule has 0 unspecified atom stereocenters. The van der Waals surface area contributed by atoms with Gasteiger partial charge < -0.3 is 0 Å². The van der Waals surface area contributed by atoms with Crippen LogP contribution in [0.25, 0.3) is 0 Å². The molecule has 0 aliphatic rings. The molecule has 35 heavy (non-hydrogen) atoms. The van der Waals surface area contributed by atoms with E-state index in [1.165, 1.54) is 31.4 Å². The summed E-state index contributed by atoms with van der Waals surface area (Å²) in [4.78, 5) is 4.13. The SMILES string of the molecule is CC(C)(C)c1ccc([S+](c2ccc(C(C)(C)C)cc2)c2ccc(C(C)(C)C)cc2)cc1.F[S+](F)F. The summed E-state index contributed by atoms with van der Waals surface area (Å²) in [6.07, 6.45) is 0. The lowest BCUT2D eigenvalue weighted by atomic mass is 9.87. The molecule has 0 N–H and O–H groups in total. The highest BCUT2D eigenvalue weighted by Crippen LogP contribution is 2.35. The number of halogens is 3. The summed E-state index contributed by atoms with van der Waals surface area (Å²) in [6.45, 7) is 20.5. The van der Waals surface area contributed by atoms with E-state index in [9.17, 15) is 11.7 Å². The standard InChI is InChI=1S/C30H39S.F3S/c1-28(2,3)22-10-16-25(17-11-22)31(26-18-12-23(13-19-26)29(4,5)6)27-20-14-24(15-21-27)30(7,8)9;1-4(2)3/h10-21H,1-9H3;/q2*+1. The Labute approximate surface area is 216 Å². The van der Waals surface area contributed by atoms with E-state index in [-0.39, 0.29) is 27.1 Å². The van der Waals surface area contributed by atoms with Crippen LogP contribution < -0.4 is 0 Å². The average Bonchev–Trinajstić information content (AvgIpc) is 2.73. The van der Waals surface area contributed by atoms with Crippen LogP contribution in [0.2, 0.25) is 0 Å². The Morgan fingerprint density at radius 3 is 0.714 bits per heavy atom. The molecule has 3 rings (SSSR count). The Balaban J connectivity index is 0.00000100. The van der Waals surface area contributed by atoms with E-state index in [1.54, 1.807) is 0 Å². The van der Waals surface area contributed by atoms with Crippen LogP contribution in [0.5, 0.6) is 0 Å². The molecular weight excluding hydrogens is 481 g/mol. The molecule has 0 aliphatic heterocycles. The molecule has 0 radical (unpaired) electrons. The number of benzene rings is 3. The van der Waals surface area contributed by atoms with Gasteiger partial charge in [0.1, 0.15) is 11.7 Å². The van der Waals surface area contributed by atoms with Crippen LogP contribution in [-0.4, -0.2) is 0 Å². The molecule has 0 fully saturated rings. The molecule has 5 heteroatoms. The molecule has 0 saturated heterocycles. The molecule has 0 spiro atoms. The van der Waals surface area contributed by atoms with Gasteiger partial charge in [0, 0.05) is 0 Å². The van der Waals surface area contributed by atoms with Crippen molar-refractivity contribution in [2.24, 2.45) is 0 Å². The third-order valence-corrected chi connectivity index (χ3v) is 8.10. The highest BCUT2D eigenvalue weighted by atomic mass is 32.3. The van der Waals surface area contributed by atoms with E-state index in [4.69, 9.17) is 0 Å². The van der Waals surface area contributed by atoms with E-state index in [1.807, 2.05) is 0 Å². The van der Waals surface area contributed by atoms with Gasteiger partial charge in [-0.2, -0.15) is 0 Å². The first-order valence-electron chi connectivity index (χ1n) is 11.8. The monoisotopic (exact) mass is 520 g/mol. The Hall–Kier alpha value is -1.85. The van der Waals surface area contributed by atoms with Crippen LogP contribution in [0, 0.1) is 0 Å². The lowest BCUT2D eigenvalue weighted by Gasteiger charge is -2.21. The van der Waals surface area contributed by atoms with Gasteiger partial charge in [0.2, 0.25) is 0 Å². The van der Waals surface area contributed by atoms with Crippen molar-refractivity contribution in [3.8, 4) is 0 Å². The number of hydrogen-bond acceptors (Lipinski definition) is 0. The van der Waals surface area contributed by atoms with Gasteiger partial charge in [-0.05, 0) is 69.3 Å². The van der Waals surface area contributed by atoms with Gasteiger partial charge in [0.05, 0.1) is 10.9 Å². The summed E-state index contributed by atoms with van der Waals surface area (Å²) in [7, 11) is -0.120. The van der Waals surface area contributed by atoms with E-state index in [2.05, 4.69) is 135 Å². The predicted molar refractivity (Wildman–Crippen MR) is 148 cm³/mol. The zero-order valence-electron chi connectivity index (χ0n) is 22.4. The third-order valence-electron chi connectivity index (χ3n) is 5.87. The van der Waals surface area contributed by atoms with Gasteiger partial charge in [-0.1, -0.05) is 98.7 Å². The van der Waals surface area contributed by atoms with Crippen molar-refractivity contribution >= 4 is 22.9 Å². The molecule has 0 bridgehead atoms. The Bertz CT molecular complexity index is 912. The molecule has 0 nitrogen and oxygen atoms in total. The molecule has 0 atom stereocenters. The van der Waals surface area contributed by atoms with Gasteiger partial charge in [-0.25, -0.2) is 0 Å². The summed E-state index contributed by atoms with van der Waals surface area (Å²) in [5, 5.41) is 0. The molecule has 0 saturated carbocycles. The highest BCUT2D eigenvalue weighted by molar-refractivity contribution is 7.97. The zero-order chi connectivity index (χ0) is 26.6. The molecule has 0 amide bonds. The van der Waals surface area contributed by atoms with Crippen LogP contribution in [0.3, 0.4) is 0 Å². The molecule has 0 aromatic heterocycles. The maximum absolute atomic E-state index is 9.69. The molecule has 3 aromatic carbocycles. The lowest BCUT2D eigenvalue weighted by Crippen LogP contribution is -2.13. The fraction of sp³-hybridized carbons (Fsp3) is 0.400. The van der Waals surface area contributed by atoms with Gasteiger partial charge in [0.25, 0.3) is 0 Å². The van der Waals surface area contributed by atoms with Crippen molar-refractivity contribution in [3.05, 3.63) is 89.5 Å². The predicted octanol–water partition coefficient (Wildman–Crippen LogP) is 9.93. The summed E-state index contributed by atoms with van der Waals surface area (Å²) in [5.41, 5.74) is 4.64. The Morgan fingerprint density at radius 2 is 0.571 bits per heavy atom. The van der Waals surface area contributed by atoms with Crippen molar-refractivity contribution in [2.45, 2.75) is 93.2 Å². The van der Waals surface area contributed by atoms with Gasteiger partial charge in [-0.3, -0.25) is 0 Å². The van der Waals surface area contributed by atoms with Crippen molar-refractivity contribution in [1.29, 1.82) is 0 Å². The van der Waals surface area contributed by atoms with Gasteiger partial charge in [0.15, 0.2) is 14.7 Å². The molecule has 190 valence electrons. The molecule has 3 aromatic rings. The quantitative estimate of drug-likeness (QED) is 0.301. The van der Waals surface area contributed by atoms with Gasteiger partial charge in [-0.15, -0.1) is 0 Å².